The van der Waals surface area contributed by atoms with Gasteiger partial charge in [0.05, 0.1) is 12.2 Å². The van der Waals surface area contributed by atoms with Crippen LogP contribution in [-0.4, -0.2) is 20.5 Å². The lowest BCUT2D eigenvalue weighted by Gasteiger charge is -2.36. The molecule has 3 aromatic rings. The van der Waals surface area contributed by atoms with Crippen LogP contribution < -0.4 is 5.32 Å². The van der Waals surface area contributed by atoms with E-state index in [0.29, 0.717) is 23.2 Å². The zero-order chi connectivity index (χ0) is 17.7. The number of furan rings is 1. The van der Waals surface area contributed by atoms with Crippen LogP contribution in [0.25, 0.3) is 0 Å². The molecule has 0 unspecified atom stereocenters. The lowest BCUT2D eigenvalue weighted by atomic mass is 9.77. The SMILES string of the molecule is O=C1C[C@H](c2cccc(Cl)c2)C=C2Nc3ncnn3[C@@H](c3ccco3)[C@H]12. The summed E-state index contributed by atoms with van der Waals surface area (Å²) in [5.74, 6) is 1.05. The molecule has 2 aliphatic rings. The highest BCUT2D eigenvalue weighted by Crippen LogP contribution is 2.44. The summed E-state index contributed by atoms with van der Waals surface area (Å²) in [5, 5.41) is 8.23. The molecule has 0 saturated carbocycles. The second kappa shape index (κ2) is 5.85. The molecule has 0 radical (unpaired) electrons. The van der Waals surface area contributed by atoms with E-state index in [-0.39, 0.29) is 23.7 Å². The molecule has 1 aliphatic carbocycles. The highest BCUT2D eigenvalue weighted by atomic mass is 35.5. The highest BCUT2D eigenvalue weighted by Gasteiger charge is 2.44. The molecular formula is C19H15ClN4O2. The summed E-state index contributed by atoms with van der Waals surface area (Å²) >= 11 is 6.13. The van der Waals surface area contributed by atoms with Crippen molar-refractivity contribution in [1.82, 2.24) is 14.8 Å². The second-order valence-corrected chi connectivity index (χ2v) is 6.98. The Morgan fingerprint density at radius 3 is 3.00 bits per heavy atom. The number of hydrogen-bond donors (Lipinski definition) is 1. The van der Waals surface area contributed by atoms with Crippen LogP contribution in [0.5, 0.6) is 0 Å². The van der Waals surface area contributed by atoms with Crippen molar-refractivity contribution in [2.24, 2.45) is 5.92 Å². The van der Waals surface area contributed by atoms with E-state index in [1.54, 1.807) is 10.9 Å². The van der Waals surface area contributed by atoms with Gasteiger partial charge in [-0.2, -0.15) is 10.1 Å². The first kappa shape index (κ1) is 15.4. The number of rotatable bonds is 2. The fraction of sp³-hybridized carbons (Fsp3) is 0.211. The highest BCUT2D eigenvalue weighted by molar-refractivity contribution is 6.30. The van der Waals surface area contributed by atoms with Crippen LogP contribution in [0.15, 0.2) is 65.2 Å². The van der Waals surface area contributed by atoms with Crippen LogP contribution in [0, 0.1) is 5.92 Å². The third-order valence-corrected chi connectivity index (χ3v) is 5.24. The number of Topliss-reactive ketones (excluding diaryl/α,β-unsaturated/α-hetero) is 1. The molecule has 0 fully saturated rings. The van der Waals surface area contributed by atoms with Crippen molar-refractivity contribution >= 4 is 23.3 Å². The molecule has 5 rings (SSSR count). The van der Waals surface area contributed by atoms with Gasteiger partial charge in [0.15, 0.2) is 0 Å². The predicted octanol–water partition coefficient (Wildman–Crippen LogP) is 3.80. The Hall–Kier alpha value is -2.86. The molecule has 3 heterocycles. The summed E-state index contributed by atoms with van der Waals surface area (Å²) in [7, 11) is 0. The van der Waals surface area contributed by atoms with E-state index < -0.39 is 0 Å². The van der Waals surface area contributed by atoms with Gasteiger partial charge >= 0.3 is 0 Å². The zero-order valence-corrected chi connectivity index (χ0v) is 14.4. The van der Waals surface area contributed by atoms with Gasteiger partial charge in [-0.3, -0.25) is 4.79 Å². The first-order valence-electron chi connectivity index (χ1n) is 8.40. The van der Waals surface area contributed by atoms with Gasteiger partial charge in [0.2, 0.25) is 5.95 Å². The van der Waals surface area contributed by atoms with Crippen molar-refractivity contribution in [2.45, 2.75) is 18.4 Å². The average molecular weight is 367 g/mol. The molecule has 7 heteroatoms. The first-order chi connectivity index (χ1) is 12.7. The summed E-state index contributed by atoms with van der Waals surface area (Å²) in [4.78, 5) is 17.4. The predicted molar refractivity (Wildman–Crippen MR) is 95.9 cm³/mol. The van der Waals surface area contributed by atoms with Crippen molar-refractivity contribution in [3.8, 4) is 0 Å². The van der Waals surface area contributed by atoms with Crippen LogP contribution in [0.4, 0.5) is 5.95 Å². The molecule has 3 atom stereocenters. The van der Waals surface area contributed by atoms with Crippen molar-refractivity contribution < 1.29 is 9.21 Å². The molecular weight excluding hydrogens is 352 g/mol. The summed E-state index contributed by atoms with van der Waals surface area (Å²) < 4.78 is 7.33. The van der Waals surface area contributed by atoms with Gasteiger partial charge in [0.1, 0.15) is 23.9 Å². The number of aromatic nitrogens is 3. The quantitative estimate of drug-likeness (QED) is 0.746. The summed E-state index contributed by atoms with van der Waals surface area (Å²) in [6.45, 7) is 0. The Labute approximate surface area is 154 Å². The largest absolute Gasteiger partial charge is 0.467 e. The number of nitrogens with one attached hydrogen (secondary N) is 1. The van der Waals surface area contributed by atoms with Crippen LogP contribution in [-0.2, 0) is 4.79 Å². The van der Waals surface area contributed by atoms with Crippen LogP contribution in [0.3, 0.4) is 0 Å². The number of carbonyl (C=O) groups is 1. The van der Waals surface area contributed by atoms with E-state index in [4.69, 9.17) is 16.0 Å². The fourth-order valence-electron chi connectivity index (χ4n) is 3.87. The van der Waals surface area contributed by atoms with Crippen LogP contribution in [0.1, 0.15) is 29.7 Å². The maximum Gasteiger partial charge on any atom is 0.226 e. The first-order valence-corrected chi connectivity index (χ1v) is 8.78. The Bertz CT molecular complexity index is 1010. The maximum atomic E-state index is 13.1. The van der Waals surface area contributed by atoms with Crippen molar-refractivity contribution in [2.75, 3.05) is 5.32 Å². The minimum Gasteiger partial charge on any atom is -0.467 e. The van der Waals surface area contributed by atoms with E-state index in [1.807, 2.05) is 36.4 Å². The number of anilines is 1. The minimum absolute atomic E-state index is 0.0216. The number of nitrogens with zero attached hydrogens (tertiary/aromatic N) is 3. The molecule has 6 nitrogen and oxygen atoms in total. The Morgan fingerprint density at radius 2 is 2.19 bits per heavy atom. The van der Waals surface area contributed by atoms with Gasteiger partial charge in [0, 0.05) is 23.1 Å². The van der Waals surface area contributed by atoms with E-state index >= 15 is 0 Å². The topological polar surface area (TPSA) is 73.0 Å². The molecule has 1 aromatic carbocycles. The third kappa shape index (κ3) is 2.37. The molecule has 1 N–H and O–H groups in total. The molecule has 130 valence electrons. The smallest absolute Gasteiger partial charge is 0.226 e. The monoisotopic (exact) mass is 366 g/mol. The van der Waals surface area contributed by atoms with Gasteiger partial charge in [-0.25, -0.2) is 4.68 Å². The van der Waals surface area contributed by atoms with E-state index in [0.717, 1.165) is 11.3 Å². The number of hydrogen-bond acceptors (Lipinski definition) is 5. The molecule has 0 spiro atoms. The number of allylic oxidation sites excluding steroid dienone is 2. The van der Waals surface area contributed by atoms with Crippen molar-refractivity contribution in [3.05, 3.63) is 77.1 Å². The van der Waals surface area contributed by atoms with Gasteiger partial charge in [-0.15, -0.1) is 0 Å². The van der Waals surface area contributed by atoms with Gasteiger partial charge < -0.3 is 9.73 Å². The Balaban J connectivity index is 1.61. The lowest BCUT2D eigenvalue weighted by Crippen LogP contribution is -2.39. The standard InChI is InChI=1S/C19H15ClN4O2/c20-13-4-1-3-11(7-13)12-8-14-17(15(25)9-12)18(16-5-2-6-26-16)24-19(23-14)21-10-22-24/h1-8,10,12,17-18H,9H2,(H,21,22,23)/t12-,17+,18+/m1/s1. The van der Waals surface area contributed by atoms with Gasteiger partial charge in [-0.05, 0) is 29.8 Å². The number of ketones is 1. The second-order valence-electron chi connectivity index (χ2n) is 6.55. The molecule has 26 heavy (non-hydrogen) atoms. The molecule has 0 saturated heterocycles. The summed E-state index contributed by atoms with van der Waals surface area (Å²) in [6, 6.07) is 11.0. The Morgan fingerprint density at radius 1 is 1.27 bits per heavy atom. The Kier molecular flexibility index (Phi) is 3.46. The number of benzene rings is 1. The van der Waals surface area contributed by atoms with Crippen LogP contribution in [0.2, 0.25) is 5.02 Å². The minimum atomic E-state index is -0.370. The summed E-state index contributed by atoms with van der Waals surface area (Å²) in [5.41, 5.74) is 1.87. The molecule has 0 amide bonds. The van der Waals surface area contributed by atoms with E-state index in [9.17, 15) is 4.79 Å². The van der Waals surface area contributed by atoms with Gasteiger partial charge in [0.25, 0.3) is 0 Å². The molecule has 1 aliphatic heterocycles. The summed E-state index contributed by atoms with van der Waals surface area (Å²) in [6.07, 6.45) is 5.61. The van der Waals surface area contributed by atoms with Crippen molar-refractivity contribution in [1.29, 1.82) is 0 Å². The van der Waals surface area contributed by atoms with Gasteiger partial charge in [-0.1, -0.05) is 29.8 Å². The normalized spacial score (nSPS) is 24.4. The molecule has 2 aromatic heterocycles. The maximum absolute atomic E-state index is 13.1. The number of carbonyl (C=O) groups excluding carboxylic acids is 1. The number of fused-ring (bicyclic) bond motifs is 2. The lowest BCUT2D eigenvalue weighted by molar-refractivity contribution is -0.123. The van der Waals surface area contributed by atoms with Crippen LogP contribution >= 0.6 is 11.6 Å². The molecule has 0 bridgehead atoms. The zero-order valence-electron chi connectivity index (χ0n) is 13.7. The fourth-order valence-corrected chi connectivity index (χ4v) is 4.07. The third-order valence-electron chi connectivity index (χ3n) is 5.00. The van der Waals surface area contributed by atoms with Crippen molar-refractivity contribution in [3.63, 3.8) is 0 Å². The average Bonchev–Trinajstić information content (AvgIpc) is 3.31. The number of halogens is 1. The van der Waals surface area contributed by atoms with E-state index in [1.165, 1.54) is 6.33 Å². The van der Waals surface area contributed by atoms with E-state index in [2.05, 4.69) is 21.5 Å².